The molecule has 1 rings (SSSR count). The third-order valence-corrected chi connectivity index (χ3v) is 2.63. The Morgan fingerprint density at radius 1 is 1.21 bits per heavy atom. The molecule has 5 nitrogen and oxygen atoms in total. The van der Waals surface area contributed by atoms with E-state index in [2.05, 4.69) is 0 Å². The standard InChI is InChI=1S/C8H8N4OS/c1-13-6-4(2-9)7(11)14-8(12)5(6)3-10/h6H,11-12H2,1H3. The summed E-state index contributed by atoms with van der Waals surface area (Å²) in [6.45, 7) is 0. The van der Waals surface area contributed by atoms with Crippen LogP contribution in [-0.2, 0) is 4.74 Å². The number of methoxy groups -OCH3 is 1. The van der Waals surface area contributed by atoms with E-state index >= 15 is 0 Å². The van der Waals surface area contributed by atoms with Crippen molar-refractivity contribution in [3.05, 3.63) is 21.2 Å². The molecule has 0 bridgehead atoms. The van der Waals surface area contributed by atoms with Crippen LogP contribution in [0.1, 0.15) is 0 Å². The maximum Gasteiger partial charge on any atom is 0.132 e. The first-order valence-corrected chi connectivity index (χ1v) is 4.47. The summed E-state index contributed by atoms with van der Waals surface area (Å²) in [4.78, 5) is 0. The van der Waals surface area contributed by atoms with Gasteiger partial charge in [0.2, 0.25) is 0 Å². The summed E-state index contributed by atoms with van der Waals surface area (Å²) in [6, 6.07) is 3.82. The molecule has 0 unspecified atom stereocenters. The molecule has 14 heavy (non-hydrogen) atoms. The fourth-order valence-electron chi connectivity index (χ4n) is 1.09. The number of ether oxygens (including phenoxy) is 1. The highest BCUT2D eigenvalue weighted by atomic mass is 32.2. The van der Waals surface area contributed by atoms with E-state index in [1.54, 1.807) is 0 Å². The summed E-state index contributed by atoms with van der Waals surface area (Å²) in [5.41, 5.74) is 11.6. The van der Waals surface area contributed by atoms with E-state index in [4.69, 9.17) is 26.7 Å². The minimum Gasteiger partial charge on any atom is -0.392 e. The molecule has 0 atom stereocenters. The van der Waals surface area contributed by atoms with Crippen LogP contribution >= 0.6 is 11.8 Å². The summed E-state index contributed by atoms with van der Waals surface area (Å²) in [7, 11) is 1.40. The van der Waals surface area contributed by atoms with E-state index in [1.165, 1.54) is 7.11 Å². The molecule has 0 amide bonds. The van der Waals surface area contributed by atoms with Gasteiger partial charge >= 0.3 is 0 Å². The fourth-order valence-corrected chi connectivity index (χ4v) is 1.86. The van der Waals surface area contributed by atoms with Gasteiger partial charge < -0.3 is 16.2 Å². The van der Waals surface area contributed by atoms with E-state index in [1.807, 2.05) is 12.1 Å². The van der Waals surface area contributed by atoms with Crippen molar-refractivity contribution in [3.63, 3.8) is 0 Å². The lowest BCUT2D eigenvalue weighted by Crippen LogP contribution is -2.25. The van der Waals surface area contributed by atoms with Gasteiger partial charge in [0.1, 0.15) is 18.2 Å². The molecule has 0 saturated carbocycles. The molecular weight excluding hydrogens is 200 g/mol. The minimum absolute atomic E-state index is 0.239. The van der Waals surface area contributed by atoms with Crippen LogP contribution in [0.4, 0.5) is 0 Å². The second kappa shape index (κ2) is 4.05. The van der Waals surface area contributed by atoms with E-state index in [0.29, 0.717) is 0 Å². The topological polar surface area (TPSA) is 109 Å². The number of rotatable bonds is 1. The maximum absolute atomic E-state index is 8.81. The van der Waals surface area contributed by atoms with Gasteiger partial charge in [-0.25, -0.2) is 0 Å². The first kappa shape index (κ1) is 10.5. The average Bonchev–Trinajstić information content (AvgIpc) is 2.16. The quantitative estimate of drug-likeness (QED) is 0.634. The van der Waals surface area contributed by atoms with Crippen LogP contribution in [0.2, 0.25) is 0 Å². The number of hydrogen-bond acceptors (Lipinski definition) is 6. The second-order valence-electron chi connectivity index (χ2n) is 2.50. The van der Waals surface area contributed by atoms with Crippen LogP contribution in [0.25, 0.3) is 0 Å². The smallest absolute Gasteiger partial charge is 0.132 e. The lowest BCUT2D eigenvalue weighted by Gasteiger charge is -2.21. The van der Waals surface area contributed by atoms with Crippen LogP contribution in [0, 0.1) is 22.7 Å². The van der Waals surface area contributed by atoms with Crippen molar-refractivity contribution in [2.75, 3.05) is 7.11 Å². The van der Waals surface area contributed by atoms with E-state index in [0.717, 1.165) is 11.8 Å². The Bertz CT molecular complexity index is 363. The Labute approximate surface area is 85.6 Å². The predicted octanol–water partition coefficient (Wildman–Crippen LogP) is 0.136. The molecule has 0 spiro atoms. The molecule has 72 valence electrons. The van der Waals surface area contributed by atoms with E-state index < -0.39 is 6.10 Å². The number of hydrogen-bond donors (Lipinski definition) is 2. The SMILES string of the molecule is COC1C(C#N)=C(N)SC(N)=C1C#N. The van der Waals surface area contributed by atoms with Crippen molar-refractivity contribution in [1.82, 2.24) is 0 Å². The highest BCUT2D eigenvalue weighted by Crippen LogP contribution is 2.33. The zero-order chi connectivity index (χ0) is 10.7. The molecule has 0 saturated heterocycles. The Morgan fingerprint density at radius 2 is 1.64 bits per heavy atom. The molecule has 6 heteroatoms. The Hall–Kier alpha value is -1.63. The predicted molar refractivity (Wildman–Crippen MR) is 52.0 cm³/mol. The molecule has 0 aromatic carbocycles. The van der Waals surface area contributed by atoms with Gasteiger partial charge in [-0.05, 0) is 0 Å². The van der Waals surface area contributed by atoms with Gasteiger partial charge in [0.05, 0.1) is 21.2 Å². The normalized spacial score (nSPS) is 17.9. The van der Waals surface area contributed by atoms with Gasteiger partial charge in [-0.2, -0.15) is 10.5 Å². The monoisotopic (exact) mass is 208 g/mol. The lowest BCUT2D eigenvalue weighted by molar-refractivity contribution is 0.165. The van der Waals surface area contributed by atoms with Crippen molar-refractivity contribution < 1.29 is 4.74 Å². The second-order valence-corrected chi connectivity index (χ2v) is 3.58. The minimum atomic E-state index is -0.730. The summed E-state index contributed by atoms with van der Waals surface area (Å²) in [5, 5.41) is 18.2. The Balaban J connectivity index is 3.21. The summed E-state index contributed by atoms with van der Waals surface area (Å²) in [5.74, 6) is 0. The fraction of sp³-hybridized carbons (Fsp3) is 0.250. The third-order valence-electron chi connectivity index (χ3n) is 1.75. The molecule has 1 aliphatic rings. The molecule has 0 aliphatic carbocycles. The van der Waals surface area contributed by atoms with Crippen LogP contribution in [0.15, 0.2) is 21.2 Å². The van der Waals surface area contributed by atoms with Crippen LogP contribution < -0.4 is 11.5 Å². The van der Waals surface area contributed by atoms with Crippen molar-refractivity contribution in [2.45, 2.75) is 6.10 Å². The van der Waals surface area contributed by atoms with Crippen molar-refractivity contribution in [3.8, 4) is 12.1 Å². The van der Waals surface area contributed by atoms with Gasteiger partial charge in [0.25, 0.3) is 0 Å². The van der Waals surface area contributed by atoms with Gasteiger partial charge in [0, 0.05) is 7.11 Å². The molecular formula is C8H8N4OS. The number of nitrogens with zero attached hydrogens (tertiary/aromatic N) is 2. The Kier molecular flexibility index (Phi) is 3.03. The summed E-state index contributed by atoms with van der Waals surface area (Å²) >= 11 is 1.02. The van der Waals surface area contributed by atoms with Crippen molar-refractivity contribution in [1.29, 1.82) is 10.5 Å². The summed E-state index contributed by atoms with van der Waals surface area (Å²) in [6.07, 6.45) is -0.730. The Morgan fingerprint density at radius 3 is 1.93 bits per heavy atom. The molecule has 0 aromatic heterocycles. The average molecular weight is 208 g/mol. The molecule has 1 aliphatic heterocycles. The maximum atomic E-state index is 8.81. The van der Waals surface area contributed by atoms with Crippen molar-refractivity contribution in [2.24, 2.45) is 11.5 Å². The third kappa shape index (κ3) is 1.53. The van der Waals surface area contributed by atoms with Gasteiger partial charge in [-0.1, -0.05) is 11.8 Å². The number of thioether (sulfide) groups is 1. The van der Waals surface area contributed by atoms with Crippen LogP contribution in [0.5, 0.6) is 0 Å². The first-order valence-electron chi connectivity index (χ1n) is 3.65. The molecule has 1 heterocycles. The molecule has 0 aromatic rings. The summed E-state index contributed by atoms with van der Waals surface area (Å²) < 4.78 is 5.00. The zero-order valence-electron chi connectivity index (χ0n) is 7.44. The van der Waals surface area contributed by atoms with Crippen molar-refractivity contribution >= 4 is 11.8 Å². The van der Waals surface area contributed by atoms with Gasteiger partial charge in [0.15, 0.2) is 0 Å². The molecule has 4 N–H and O–H groups in total. The van der Waals surface area contributed by atoms with E-state index in [9.17, 15) is 0 Å². The van der Waals surface area contributed by atoms with Crippen LogP contribution in [-0.4, -0.2) is 13.2 Å². The first-order chi connectivity index (χ1) is 6.65. The van der Waals surface area contributed by atoms with E-state index in [-0.39, 0.29) is 21.2 Å². The van der Waals surface area contributed by atoms with Gasteiger partial charge in [-0.3, -0.25) is 0 Å². The lowest BCUT2D eigenvalue weighted by atomic mass is 10.0. The highest BCUT2D eigenvalue weighted by molar-refractivity contribution is 8.06. The molecule has 0 fully saturated rings. The largest absolute Gasteiger partial charge is 0.392 e. The number of nitrogens with two attached hydrogens (primary N) is 2. The highest BCUT2D eigenvalue weighted by Gasteiger charge is 2.29. The van der Waals surface area contributed by atoms with Crippen LogP contribution in [0.3, 0.4) is 0 Å². The number of nitriles is 2. The molecule has 0 radical (unpaired) electrons. The van der Waals surface area contributed by atoms with Gasteiger partial charge in [-0.15, -0.1) is 0 Å². The zero-order valence-corrected chi connectivity index (χ0v) is 8.26.